The Bertz CT molecular complexity index is 334. The number of aliphatic hydroxyl groups is 1. The highest BCUT2D eigenvalue weighted by molar-refractivity contribution is 5.27. The maximum atomic E-state index is 10.1. The predicted octanol–water partition coefficient (Wildman–Crippen LogP) is 1.41. The fraction of sp³-hybridized carbons (Fsp3) is 0.538. The Kier molecular flexibility index (Phi) is 3.93. The van der Waals surface area contributed by atoms with Crippen LogP contribution in [0.25, 0.3) is 0 Å². The monoisotopic (exact) mass is 221 g/mol. The van der Waals surface area contributed by atoms with E-state index in [0.717, 1.165) is 30.8 Å². The fourth-order valence-electron chi connectivity index (χ4n) is 2.04. The quantitative estimate of drug-likeness (QED) is 0.807. The Balaban J connectivity index is 1.87. The van der Waals surface area contributed by atoms with E-state index in [1.165, 1.54) is 0 Å². The summed E-state index contributed by atoms with van der Waals surface area (Å²) in [4.78, 5) is 0. The van der Waals surface area contributed by atoms with E-state index in [0.29, 0.717) is 12.6 Å². The molecule has 1 heterocycles. The first-order chi connectivity index (χ1) is 7.77. The number of nitrogens with one attached hydrogen (secondary N) is 1. The van der Waals surface area contributed by atoms with Crippen LogP contribution in [0.2, 0.25) is 0 Å². The first-order valence-corrected chi connectivity index (χ1v) is 5.82. The van der Waals surface area contributed by atoms with Gasteiger partial charge in [-0.15, -0.1) is 0 Å². The summed E-state index contributed by atoms with van der Waals surface area (Å²) in [5, 5.41) is 13.4. The molecule has 0 spiro atoms. The molecule has 1 saturated heterocycles. The maximum absolute atomic E-state index is 10.1. The highest BCUT2D eigenvalue weighted by Crippen LogP contribution is 2.16. The lowest BCUT2D eigenvalue weighted by molar-refractivity contribution is 0.160. The molecule has 88 valence electrons. The number of aryl methyl sites for hydroxylation is 1. The van der Waals surface area contributed by atoms with Gasteiger partial charge in [0.2, 0.25) is 0 Å². The van der Waals surface area contributed by atoms with Crippen LogP contribution in [-0.4, -0.2) is 30.9 Å². The van der Waals surface area contributed by atoms with Crippen LogP contribution in [0.5, 0.6) is 0 Å². The Morgan fingerprint density at radius 3 is 3.00 bits per heavy atom. The number of hydrogen-bond acceptors (Lipinski definition) is 3. The van der Waals surface area contributed by atoms with E-state index in [1.54, 1.807) is 0 Å². The third-order valence-electron chi connectivity index (χ3n) is 3.08. The standard InChI is InChI=1S/C13H19NO2/c1-10-4-2-3-5-12(10)13(15)8-14-11-6-7-16-9-11/h2-5,11,13-15H,6-9H2,1H3. The molecule has 16 heavy (non-hydrogen) atoms. The second-order valence-electron chi connectivity index (χ2n) is 4.34. The molecular weight excluding hydrogens is 202 g/mol. The molecule has 1 aliphatic rings. The normalized spacial score (nSPS) is 22.2. The zero-order chi connectivity index (χ0) is 11.4. The van der Waals surface area contributed by atoms with Gasteiger partial charge in [-0.05, 0) is 24.5 Å². The van der Waals surface area contributed by atoms with Crippen molar-refractivity contribution in [1.82, 2.24) is 5.32 Å². The van der Waals surface area contributed by atoms with Crippen molar-refractivity contribution in [3.63, 3.8) is 0 Å². The second kappa shape index (κ2) is 5.43. The Hall–Kier alpha value is -0.900. The molecule has 1 aromatic rings. The summed E-state index contributed by atoms with van der Waals surface area (Å²) in [6.07, 6.45) is 0.613. The Labute approximate surface area is 96.4 Å². The SMILES string of the molecule is Cc1ccccc1C(O)CNC1CCOC1. The van der Waals surface area contributed by atoms with E-state index >= 15 is 0 Å². The summed E-state index contributed by atoms with van der Waals surface area (Å²) in [7, 11) is 0. The molecule has 0 radical (unpaired) electrons. The minimum Gasteiger partial charge on any atom is -0.387 e. The minimum absolute atomic E-state index is 0.402. The van der Waals surface area contributed by atoms with Crippen molar-refractivity contribution in [3.05, 3.63) is 35.4 Å². The number of rotatable bonds is 4. The zero-order valence-electron chi connectivity index (χ0n) is 9.65. The van der Waals surface area contributed by atoms with E-state index in [2.05, 4.69) is 5.32 Å². The van der Waals surface area contributed by atoms with Crippen LogP contribution in [-0.2, 0) is 4.74 Å². The first kappa shape index (κ1) is 11.6. The van der Waals surface area contributed by atoms with Gasteiger partial charge in [0.1, 0.15) is 0 Å². The fourth-order valence-corrected chi connectivity index (χ4v) is 2.04. The van der Waals surface area contributed by atoms with Gasteiger partial charge in [-0.2, -0.15) is 0 Å². The Morgan fingerprint density at radius 2 is 2.31 bits per heavy atom. The van der Waals surface area contributed by atoms with E-state index in [-0.39, 0.29) is 0 Å². The summed E-state index contributed by atoms with van der Waals surface area (Å²) in [6.45, 7) is 4.22. The zero-order valence-corrected chi connectivity index (χ0v) is 9.65. The lowest BCUT2D eigenvalue weighted by atomic mass is 10.0. The van der Waals surface area contributed by atoms with Crippen molar-refractivity contribution < 1.29 is 9.84 Å². The van der Waals surface area contributed by atoms with Crippen LogP contribution in [0.3, 0.4) is 0 Å². The molecule has 0 bridgehead atoms. The third-order valence-corrected chi connectivity index (χ3v) is 3.08. The summed E-state index contributed by atoms with van der Waals surface area (Å²) < 4.78 is 5.27. The number of hydrogen-bond donors (Lipinski definition) is 2. The van der Waals surface area contributed by atoms with Crippen molar-refractivity contribution in [2.45, 2.75) is 25.5 Å². The van der Waals surface area contributed by atoms with Gasteiger partial charge in [0.05, 0.1) is 12.7 Å². The average Bonchev–Trinajstić information content (AvgIpc) is 2.79. The smallest absolute Gasteiger partial charge is 0.0917 e. The van der Waals surface area contributed by atoms with Gasteiger partial charge in [0, 0.05) is 19.2 Å². The van der Waals surface area contributed by atoms with Crippen molar-refractivity contribution in [1.29, 1.82) is 0 Å². The molecule has 3 nitrogen and oxygen atoms in total. The highest BCUT2D eigenvalue weighted by Gasteiger charge is 2.17. The molecule has 1 aromatic carbocycles. The van der Waals surface area contributed by atoms with Crippen molar-refractivity contribution in [2.24, 2.45) is 0 Å². The molecule has 0 aromatic heterocycles. The van der Waals surface area contributed by atoms with Crippen molar-refractivity contribution in [2.75, 3.05) is 19.8 Å². The van der Waals surface area contributed by atoms with E-state index in [9.17, 15) is 5.11 Å². The molecule has 2 unspecified atom stereocenters. The number of benzene rings is 1. The van der Waals surface area contributed by atoms with Gasteiger partial charge < -0.3 is 15.2 Å². The van der Waals surface area contributed by atoms with E-state index in [4.69, 9.17) is 4.74 Å². The van der Waals surface area contributed by atoms with Crippen molar-refractivity contribution >= 4 is 0 Å². The molecule has 1 fully saturated rings. The van der Waals surface area contributed by atoms with Crippen LogP contribution >= 0.6 is 0 Å². The average molecular weight is 221 g/mol. The predicted molar refractivity (Wildman–Crippen MR) is 63.4 cm³/mol. The van der Waals surface area contributed by atoms with E-state index < -0.39 is 6.10 Å². The largest absolute Gasteiger partial charge is 0.387 e. The van der Waals surface area contributed by atoms with Crippen LogP contribution in [0.4, 0.5) is 0 Å². The summed E-state index contributed by atoms with van der Waals surface area (Å²) in [5.41, 5.74) is 2.15. The van der Waals surface area contributed by atoms with Crippen LogP contribution in [0.15, 0.2) is 24.3 Å². The van der Waals surface area contributed by atoms with Gasteiger partial charge in [-0.1, -0.05) is 24.3 Å². The summed E-state index contributed by atoms with van der Waals surface area (Å²) >= 11 is 0. The van der Waals surface area contributed by atoms with Crippen molar-refractivity contribution in [3.8, 4) is 0 Å². The lowest BCUT2D eigenvalue weighted by Gasteiger charge is -2.17. The topological polar surface area (TPSA) is 41.5 Å². The molecular formula is C13H19NO2. The number of aliphatic hydroxyl groups excluding tert-OH is 1. The van der Waals surface area contributed by atoms with Gasteiger partial charge in [-0.3, -0.25) is 0 Å². The highest BCUT2D eigenvalue weighted by atomic mass is 16.5. The third kappa shape index (κ3) is 2.82. The number of ether oxygens (including phenoxy) is 1. The first-order valence-electron chi connectivity index (χ1n) is 5.82. The van der Waals surface area contributed by atoms with Gasteiger partial charge in [-0.25, -0.2) is 0 Å². The van der Waals surface area contributed by atoms with Crippen LogP contribution in [0, 0.1) is 6.92 Å². The molecule has 2 rings (SSSR count). The molecule has 0 aliphatic carbocycles. The van der Waals surface area contributed by atoms with Gasteiger partial charge >= 0.3 is 0 Å². The lowest BCUT2D eigenvalue weighted by Crippen LogP contribution is -2.33. The van der Waals surface area contributed by atoms with Gasteiger partial charge in [0.25, 0.3) is 0 Å². The molecule has 3 heteroatoms. The molecule has 0 amide bonds. The second-order valence-corrected chi connectivity index (χ2v) is 4.34. The molecule has 1 aliphatic heterocycles. The Morgan fingerprint density at radius 1 is 1.50 bits per heavy atom. The molecule has 0 saturated carbocycles. The van der Waals surface area contributed by atoms with Gasteiger partial charge in [0.15, 0.2) is 0 Å². The minimum atomic E-state index is -0.429. The van der Waals surface area contributed by atoms with Crippen LogP contribution < -0.4 is 5.32 Å². The summed E-state index contributed by atoms with van der Waals surface area (Å²) in [5.74, 6) is 0. The molecule has 2 N–H and O–H groups in total. The van der Waals surface area contributed by atoms with E-state index in [1.807, 2.05) is 31.2 Å². The van der Waals surface area contributed by atoms with Crippen LogP contribution in [0.1, 0.15) is 23.7 Å². The maximum Gasteiger partial charge on any atom is 0.0917 e. The summed E-state index contributed by atoms with van der Waals surface area (Å²) in [6, 6.07) is 8.36. The molecule has 2 atom stereocenters.